The summed E-state index contributed by atoms with van der Waals surface area (Å²) in [5.41, 5.74) is 3.40. The minimum Gasteiger partial charge on any atom is -0.508 e. The summed E-state index contributed by atoms with van der Waals surface area (Å²) in [5.74, 6) is 1.94. The van der Waals surface area contributed by atoms with E-state index in [0.29, 0.717) is 5.75 Å². The van der Waals surface area contributed by atoms with Gasteiger partial charge in [0.05, 0.1) is 12.0 Å². The van der Waals surface area contributed by atoms with Crippen molar-refractivity contribution in [2.45, 2.75) is 32.1 Å². The van der Waals surface area contributed by atoms with Gasteiger partial charge in [-0.15, -0.1) is 0 Å². The number of nitrogens with zero attached hydrogens (tertiary/aromatic N) is 2. The standard InChI is InChI=1S/C16H19N2O/c1-18-11-17-16(13-6-8-14(19)9-7-13)15(18)10-12-4-2-3-5-12/h6-9,11,19H,2-5,10H2,1H3. The van der Waals surface area contributed by atoms with Crippen LogP contribution in [0.3, 0.4) is 0 Å². The van der Waals surface area contributed by atoms with Gasteiger partial charge in [-0.25, -0.2) is 4.98 Å². The third-order valence-electron chi connectivity index (χ3n) is 3.93. The predicted molar refractivity (Wildman–Crippen MR) is 75.7 cm³/mol. The maximum Gasteiger partial charge on any atom is 0.115 e. The second-order valence-corrected chi connectivity index (χ2v) is 5.33. The molecule has 2 aromatic rings. The average Bonchev–Trinajstić information content (AvgIpc) is 3.03. The summed E-state index contributed by atoms with van der Waals surface area (Å²) in [4.78, 5) is 4.53. The first-order chi connectivity index (χ1) is 9.24. The highest BCUT2D eigenvalue weighted by molar-refractivity contribution is 5.63. The Labute approximate surface area is 113 Å². The highest BCUT2D eigenvalue weighted by Gasteiger charge is 2.20. The van der Waals surface area contributed by atoms with Gasteiger partial charge in [-0.1, -0.05) is 12.8 Å². The third kappa shape index (κ3) is 2.50. The van der Waals surface area contributed by atoms with Crippen molar-refractivity contribution >= 4 is 0 Å². The van der Waals surface area contributed by atoms with E-state index in [2.05, 4.69) is 16.6 Å². The van der Waals surface area contributed by atoms with E-state index in [-0.39, 0.29) is 0 Å². The smallest absolute Gasteiger partial charge is 0.115 e. The molecule has 0 atom stereocenters. The zero-order chi connectivity index (χ0) is 13.2. The van der Waals surface area contributed by atoms with E-state index < -0.39 is 0 Å². The van der Waals surface area contributed by atoms with Crippen molar-refractivity contribution in [2.75, 3.05) is 0 Å². The summed E-state index contributed by atoms with van der Waals surface area (Å²) < 4.78 is 2.12. The predicted octanol–water partition coefficient (Wildman–Crippen LogP) is 3.48. The maximum absolute atomic E-state index is 9.38. The van der Waals surface area contributed by atoms with Crippen molar-refractivity contribution in [1.29, 1.82) is 0 Å². The quantitative estimate of drug-likeness (QED) is 0.911. The van der Waals surface area contributed by atoms with E-state index in [9.17, 15) is 5.11 Å². The Balaban J connectivity index is 1.91. The topological polar surface area (TPSA) is 38.0 Å². The summed E-state index contributed by atoms with van der Waals surface area (Å²) in [6, 6.07) is 7.30. The van der Waals surface area contributed by atoms with E-state index in [1.807, 2.05) is 18.5 Å². The van der Waals surface area contributed by atoms with Crippen molar-refractivity contribution in [2.24, 2.45) is 7.05 Å². The molecule has 3 heteroatoms. The minimum absolute atomic E-state index is 0.298. The molecule has 0 unspecified atom stereocenters. The molecule has 0 spiro atoms. The van der Waals surface area contributed by atoms with Crippen molar-refractivity contribution in [3.8, 4) is 17.0 Å². The number of rotatable bonds is 3. The number of aryl methyl sites for hydroxylation is 1. The van der Waals surface area contributed by atoms with Crippen LogP contribution < -0.4 is 0 Å². The van der Waals surface area contributed by atoms with Gasteiger partial charge < -0.3 is 9.67 Å². The molecule has 0 saturated heterocycles. The van der Waals surface area contributed by atoms with E-state index in [1.165, 1.54) is 31.4 Å². The summed E-state index contributed by atoms with van der Waals surface area (Å²) in [6.07, 6.45) is 8.11. The summed E-state index contributed by atoms with van der Waals surface area (Å²) >= 11 is 0. The van der Waals surface area contributed by atoms with Crippen LogP contribution in [0.5, 0.6) is 5.75 Å². The molecule has 0 amide bonds. The number of aromatic nitrogens is 2. The van der Waals surface area contributed by atoms with Gasteiger partial charge in [0.15, 0.2) is 0 Å². The number of hydrogen-bond acceptors (Lipinski definition) is 2. The summed E-state index contributed by atoms with van der Waals surface area (Å²) in [5, 5.41) is 9.38. The molecule has 1 heterocycles. The fourth-order valence-electron chi connectivity index (χ4n) is 2.81. The third-order valence-corrected chi connectivity index (χ3v) is 3.93. The number of aromatic hydroxyl groups is 1. The van der Waals surface area contributed by atoms with Crippen LogP contribution in [0.4, 0.5) is 0 Å². The van der Waals surface area contributed by atoms with E-state index >= 15 is 0 Å². The fourth-order valence-corrected chi connectivity index (χ4v) is 2.81. The van der Waals surface area contributed by atoms with Crippen LogP contribution in [0, 0.1) is 5.92 Å². The lowest BCUT2D eigenvalue weighted by Crippen LogP contribution is -2.03. The first kappa shape index (κ1) is 12.3. The number of benzene rings is 1. The van der Waals surface area contributed by atoms with Gasteiger partial charge in [-0.3, -0.25) is 0 Å². The van der Waals surface area contributed by atoms with E-state index in [1.54, 1.807) is 18.1 Å². The first-order valence-electron chi connectivity index (χ1n) is 6.87. The van der Waals surface area contributed by atoms with Crippen LogP contribution in [0.1, 0.15) is 31.4 Å². The lowest BCUT2D eigenvalue weighted by Gasteiger charge is -2.11. The molecule has 0 bridgehead atoms. The van der Waals surface area contributed by atoms with Gasteiger partial charge in [0.1, 0.15) is 5.75 Å². The van der Waals surface area contributed by atoms with Crippen LogP contribution in [0.25, 0.3) is 11.3 Å². The molecule has 1 fully saturated rings. The molecule has 3 rings (SSSR count). The van der Waals surface area contributed by atoms with Crippen LogP contribution in [-0.2, 0) is 13.5 Å². The molecule has 0 aliphatic heterocycles. The van der Waals surface area contributed by atoms with Crippen molar-refractivity contribution in [3.05, 3.63) is 42.2 Å². The molecule has 1 aliphatic carbocycles. The molecular weight excluding hydrogens is 236 g/mol. The number of phenolic OH excluding ortho intramolecular Hbond substituents is 1. The van der Waals surface area contributed by atoms with Gasteiger partial charge >= 0.3 is 0 Å². The van der Waals surface area contributed by atoms with Gasteiger partial charge in [0.2, 0.25) is 0 Å². The van der Waals surface area contributed by atoms with E-state index in [0.717, 1.165) is 17.7 Å². The molecule has 1 radical (unpaired) electrons. The van der Waals surface area contributed by atoms with Gasteiger partial charge in [0, 0.05) is 18.3 Å². The molecule has 3 nitrogen and oxygen atoms in total. The Bertz CT molecular complexity index is 551. The zero-order valence-corrected chi connectivity index (χ0v) is 11.3. The molecule has 19 heavy (non-hydrogen) atoms. The Morgan fingerprint density at radius 2 is 1.84 bits per heavy atom. The normalized spacial score (nSPS) is 16.1. The summed E-state index contributed by atoms with van der Waals surface area (Å²) in [7, 11) is 2.06. The lowest BCUT2D eigenvalue weighted by molar-refractivity contribution is 0.475. The number of hydrogen-bond donors (Lipinski definition) is 1. The Kier molecular flexibility index (Phi) is 3.28. The SMILES string of the molecule is Cn1cnc(-c2ccc(O)cc2)c1C[C]1CCCC1. The second-order valence-electron chi connectivity index (χ2n) is 5.33. The van der Waals surface area contributed by atoms with Gasteiger partial charge in [0.25, 0.3) is 0 Å². The van der Waals surface area contributed by atoms with Gasteiger partial charge in [-0.2, -0.15) is 0 Å². The van der Waals surface area contributed by atoms with Crippen LogP contribution in [0.15, 0.2) is 30.6 Å². The molecule has 1 saturated carbocycles. The Morgan fingerprint density at radius 3 is 2.53 bits per heavy atom. The van der Waals surface area contributed by atoms with Crippen molar-refractivity contribution in [1.82, 2.24) is 9.55 Å². The van der Waals surface area contributed by atoms with Crippen LogP contribution >= 0.6 is 0 Å². The molecular formula is C16H19N2O. The number of phenols is 1. The fraction of sp³-hybridized carbons (Fsp3) is 0.375. The highest BCUT2D eigenvalue weighted by atomic mass is 16.3. The monoisotopic (exact) mass is 255 g/mol. The molecule has 99 valence electrons. The largest absolute Gasteiger partial charge is 0.508 e. The zero-order valence-electron chi connectivity index (χ0n) is 11.3. The molecule has 1 aliphatic rings. The first-order valence-corrected chi connectivity index (χ1v) is 6.87. The Morgan fingerprint density at radius 1 is 1.16 bits per heavy atom. The molecule has 1 N–H and O–H groups in total. The lowest BCUT2D eigenvalue weighted by atomic mass is 9.98. The second kappa shape index (κ2) is 5.08. The highest BCUT2D eigenvalue weighted by Crippen LogP contribution is 2.33. The maximum atomic E-state index is 9.38. The summed E-state index contributed by atoms with van der Waals surface area (Å²) in [6.45, 7) is 0. The van der Waals surface area contributed by atoms with Crippen molar-refractivity contribution < 1.29 is 5.11 Å². The van der Waals surface area contributed by atoms with Crippen molar-refractivity contribution in [3.63, 3.8) is 0 Å². The number of imidazole rings is 1. The van der Waals surface area contributed by atoms with Crippen LogP contribution in [0.2, 0.25) is 0 Å². The molecule has 1 aromatic heterocycles. The van der Waals surface area contributed by atoms with E-state index in [4.69, 9.17) is 0 Å². The minimum atomic E-state index is 0.298. The average molecular weight is 255 g/mol. The van der Waals surface area contributed by atoms with Gasteiger partial charge in [-0.05, 0) is 49.4 Å². The molecule has 1 aromatic carbocycles. The Hall–Kier alpha value is -1.77. The van der Waals surface area contributed by atoms with Crippen LogP contribution in [-0.4, -0.2) is 14.7 Å².